The van der Waals surface area contributed by atoms with Crippen LogP contribution in [0.5, 0.6) is 0 Å². The fraction of sp³-hybridized carbons (Fsp3) is 0.667. The van der Waals surface area contributed by atoms with E-state index in [0.717, 1.165) is 0 Å². The molecule has 4 nitrogen and oxygen atoms in total. The van der Waals surface area contributed by atoms with E-state index in [9.17, 15) is 21.6 Å². The Labute approximate surface area is 126 Å². The van der Waals surface area contributed by atoms with Crippen LogP contribution in [0.4, 0.5) is 13.2 Å². The van der Waals surface area contributed by atoms with E-state index in [1.165, 1.54) is 11.3 Å². The van der Waals surface area contributed by atoms with Crippen molar-refractivity contribution < 1.29 is 21.6 Å². The van der Waals surface area contributed by atoms with Crippen molar-refractivity contribution >= 4 is 21.4 Å². The Balaban J connectivity index is 2.60. The molecule has 21 heavy (non-hydrogen) atoms. The van der Waals surface area contributed by atoms with Crippen molar-refractivity contribution in [2.45, 2.75) is 43.8 Å². The molecule has 0 aromatic carbocycles. The predicted molar refractivity (Wildman–Crippen MR) is 76.9 cm³/mol. The van der Waals surface area contributed by atoms with Gasteiger partial charge >= 0.3 is 6.18 Å². The van der Waals surface area contributed by atoms with E-state index < -0.39 is 22.6 Å². The van der Waals surface area contributed by atoms with Gasteiger partial charge in [0.2, 0.25) is 10.0 Å². The number of hydrogen-bond acceptors (Lipinski definition) is 4. The highest BCUT2D eigenvalue weighted by Crippen LogP contribution is 2.27. The van der Waals surface area contributed by atoms with Gasteiger partial charge in [0.25, 0.3) is 0 Å². The Morgan fingerprint density at radius 3 is 2.52 bits per heavy atom. The summed E-state index contributed by atoms with van der Waals surface area (Å²) in [6.45, 7) is 2.14. The van der Waals surface area contributed by atoms with Crippen molar-refractivity contribution in [1.29, 1.82) is 0 Å². The molecule has 0 spiro atoms. The van der Waals surface area contributed by atoms with Gasteiger partial charge in [0.15, 0.2) is 0 Å². The summed E-state index contributed by atoms with van der Waals surface area (Å²) in [5.41, 5.74) is 0.646. The summed E-state index contributed by atoms with van der Waals surface area (Å²) in [4.78, 5) is 0.926. The van der Waals surface area contributed by atoms with E-state index in [1.807, 2.05) is 0 Å². The monoisotopic (exact) mass is 344 g/mol. The zero-order chi connectivity index (χ0) is 16.1. The van der Waals surface area contributed by atoms with Gasteiger partial charge in [-0.15, -0.1) is 11.3 Å². The second-order valence-electron chi connectivity index (χ2n) is 4.67. The Morgan fingerprint density at radius 2 is 1.95 bits per heavy atom. The maximum absolute atomic E-state index is 12.2. The number of nitrogens with one attached hydrogen (secondary N) is 2. The van der Waals surface area contributed by atoms with Crippen LogP contribution in [0.25, 0.3) is 0 Å². The van der Waals surface area contributed by atoms with E-state index in [1.54, 1.807) is 19.4 Å². The summed E-state index contributed by atoms with van der Waals surface area (Å²) in [6, 6.07) is 0. The molecule has 1 aromatic heterocycles. The maximum Gasteiger partial charge on any atom is 0.389 e. The molecular formula is C12H19F3N2O2S2. The van der Waals surface area contributed by atoms with E-state index in [4.69, 9.17) is 0 Å². The Kier molecular flexibility index (Phi) is 6.64. The highest BCUT2D eigenvalue weighted by molar-refractivity contribution is 7.89. The van der Waals surface area contributed by atoms with Gasteiger partial charge < -0.3 is 5.32 Å². The van der Waals surface area contributed by atoms with Crippen molar-refractivity contribution in [1.82, 2.24) is 10.0 Å². The Bertz CT molecular complexity index is 553. The van der Waals surface area contributed by atoms with Crippen LogP contribution in [0.3, 0.4) is 0 Å². The van der Waals surface area contributed by atoms with Crippen LogP contribution in [0, 0.1) is 6.92 Å². The molecule has 0 atom stereocenters. The zero-order valence-corrected chi connectivity index (χ0v) is 13.5. The molecule has 0 radical (unpaired) electrons. The van der Waals surface area contributed by atoms with Crippen LogP contribution in [-0.4, -0.2) is 28.2 Å². The lowest BCUT2D eigenvalue weighted by atomic mass is 10.2. The highest BCUT2D eigenvalue weighted by Gasteiger charge is 2.26. The Morgan fingerprint density at radius 1 is 1.29 bits per heavy atom. The fourth-order valence-electron chi connectivity index (χ4n) is 1.86. The summed E-state index contributed by atoms with van der Waals surface area (Å²) in [5, 5.41) is 4.65. The second kappa shape index (κ2) is 7.57. The van der Waals surface area contributed by atoms with Crippen molar-refractivity contribution in [3.63, 3.8) is 0 Å². The van der Waals surface area contributed by atoms with Crippen molar-refractivity contribution in [3.05, 3.63) is 15.8 Å². The van der Waals surface area contributed by atoms with Crippen LogP contribution in [-0.2, 0) is 16.6 Å². The lowest BCUT2D eigenvalue weighted by Gasteiger charge is -2.10. The quantitative estimate of drug-likeness (QED) is 0.713. The van der Waals surface area contributed by atoms with Crippen LogP contribution in [0.15, 0.2) is 10.3 Å². The van der Waals surface area contributed by atoms with Crippen LogP contribution < -0.4 is 10.0 Å². The molecule has 0 aliphatic rings. The van der Waals surface area contributed by atoms with E-state index >= 15 is 0 Å². The third-order valence-corrected chi connectivity index (χ3v) is 5.70. The molecule has 0 saturated heterocycles. The third kappa shape index (κ3) is 5.93. The molecular weight excluding hydrogens is 325 g/mol. The molecule has 2 N–H and O–H groups in total. The average Bonchev–Trinajstić information content (AvgIpc) is 2.69. The average molecular weight is 344 g/mol. The van der Waals surface area contributed by atoms with Crippen LogP contribution >= 0.6 is 11.3 Å². The summed E-state index contributed by atoms with van der Waals surface area (Å²) >= 11 is 1.34. The Hall–Kier alpha value is -0.640. The zero-order valence-electron chi connectivity index (χ0n) is 11.9. The number of aryl methyl sites for hydroxylation is 1. The molecule has 0 aliphatic heterocycles. The molecule has 0 amide bonds. The molecule has 0 bridgehead atoms. The minimum atomic E-state index is -4.19. The number of sulfonamides is 1. The minimum Gasteiger partial charge on any atom is -0.315 e. The van der Waals surface area contributed by atoms with Gasteiger partial charge in [-0.2, -0.15) is 13.2 Å². The summed E-state index contributed by atoms with van der Waals surface area (Å²) < 4.78 is 62.8. The first-order chi connectivity index (χ1) is 9.67. The number of halogens is 3. The number of thiophene rings is 1. The fourth-order valence-corrected chi connectivity index (χ4v) is 4.75. The first-order valence-corrected chi connectivity index (χ1v) is 8.81. The smallest absolute Gasteiger partial charge is 0.315 e. The number of hydrogen-bond donors (Lipinski definition) is 2. The molecule has 122 valence electrons. The molecule has 0 aliphatic carbocycles. The lowest BCUT2D eigenvalue weighted by molar-refractivity contribution is -0.135. The maximum atomic E-state index is 12.2. The topological polar surface area (TPSA) is 58.2 Å². The lowest BCUT2D eigenvalue weighted by Crippen LogP contribution is -2.26. The van der Waals surface area contributed by atoms with Gasteiger partial charge in [-0.1, -0.05) is 0 Å². The van der Waals surface area contributed by atoms with Crippen molar-refractivity contribution in [2.75, 3.05) is 13.6 Å². The summed E-state index contributed by atoms with van der Waals surface area (Å²) in [7, 11) is -1.96. The van der Waals surface area contributed by atoms with E-state index in [-0.39, 0.29) is 24.3 Å². The number of unbranched alkanes of at least 4 members (excludes halogenated alkanes) is 1. The molecule has 0 fully saturated rings. The minimum absolute atomic E-state index is 0.00664. The van der Waals surface area contributed by atoms with Gasteiger partial charge in [-0.25, -0.2) is 13.1 Å². The van der Waals surface area contributed by atoms with Gasteiger partial charge in [0.1, 0.15) is 4.90 Å². The van der Waals surface area contributed by atoms with E-state index in [0.29, 0.717) is 17.0 Å². The highest BCUT2D eigenvalue weighted by atomic mass is 32.2. The van der Waals surface area contributed by atoms with Crippen molar-refractivity contribution in [3.8, 4) is 0 Å². The van der Waals surface area contributed by atoms with Crippen LogP contribution in [0.2, 0.25) is 0 Å². The summed E-state index contributed by atoms with van der Waals surface area (Å²) in [6.07, 6.45) is -5.01. The van der Waals surface area contributed by atoms with Gasteiger partial charge in [0.05, 0.1) is 0 Å². The van der Waals surface area contributed by atoms with Gasteiger partial charge in [-0.05, 0) is 37.8 Å². The van der Waals surface area contributed by atoms with Gasteiger partial charge in [0, 0.05) is 24.4 Å². The SMILES string of the molecule is CNCc1scc(C)c1S(=O)(=O)NCCCCC(F)(F)F. The third-order valence-electron chi connectivity index (χ3n) is 2.77. The molecule has 1 aromatic rings. The number of rotatable bonds is 8. The molecule has 9 heteroatoms. The second-order valence-corrected chi connectivity index (χ2v) is 7.34. The molecule has 1 rings (SSSR count). The number of alkyl halides is 3. The summed E-state index contributed by atoms with van der Waals surface area (Å²) in [5.74, 6) is 0. The van der Waals surface area contributed by atoms with Crippen molar-refractivity contribution in [2.24, 2.45) is 0 Å². The molecule has 1 heterocycles. The van der Waals surface area contributed by atoms with E-state index in [2.05, 4.69) is 10.0 Å². The largest absolute Gasteiger partial charge is 0.389 e. The van der Waals surface area contributed by atoms with Crippen LogP contribution in [0.1, 0.15) is 29.7 Å². The standard InChI is InChI=1S/C12H19F3N2O2S2/c1-9-8-20-10(7-16-2)11(9)21(18,19)17-6-4-3-5-12(13,14)15/h8,16-17H,3-7H2,1-2H3. The normalized spacial score (nSPS) is 12.8. The first kappa shape index (κ1) is 18.4. The first-order valence-electron chi connectivity index (χ1n) is 6.45. The molecule has 0 unspecified atom stereocenters. The predicted octanol–water partition coefficient (Wildman–Crippen LogP) is 2.79. The van der Waals surface area contributed by atoms with Gasteiger partial charge in [-0.3, -0.25) is 0 Å². The molecule has 0 saturated carbocycles.